The highest BCUT2D eigenvalue weighted by Gasteiger charge is 2.32. The SMILES string of the molecule is Cc1c(-c2ccc(NC(=O)[C@H](NC(=O)c3ccnn3C)C3CCCCC3)cc2)cc(Cl)c[n+]1[O-]. The van der Waals surface area contributed by atoms with Gasteiger partial charge in [0.2, 0.25) is 5.91 Å². The number of aromatic nitrogens is 3. The third kappa shape index (κ3) is 5.22. The van der Waals surface area contributed by atoms with Gasteiger partial charge in [-0.1, -0.05) is 43.0 Å². The quantitative estimate of drug-likeness (QED) is 0.410. The number of aryl methyl sites for hydroxylation is 1. The molecule has 1 atom stereocenters. The zero-order valence-corrected chi connectivity index (χ0v) is 20.0. The summed E-state index contributed by atoms with van der Waals surface area (Å²) in [6.45, 7) is 1.73. The van der Waals surface area contributed by atoms with Gasteiger partial charge in [0.1, 0.15) is 16.8 Å². The Hall–Kier alpha value is -3.39. The van der Waals surface area contributed by atoms with Crippen LogP contribution in [-0.4, -0.2) is 27.6 Å². The third-order valence-corrected chi connectivity index (χ3v) is 6.66. The zero-order valence-electron chi connectivity index (χ0n) is 19.3. The lowest BCUT2D eigenvalue weighted by molar-refractivity contribution is -0.611. The molecule has 0 spiro atoms. The van der Waals surface area contributed by atoms with Crippen LogP contribution in [0.3, 0.4) is 0 Å². The topological polar surface area (TPSA) is 103 Å². The van der Waals surface area contributed by atoms with Gasteiger partial charge in [-0.05, 0) is 48.6 Å². The summed E-state index contributed by atoms with van der Waals surface area (Å²) in [6.07, 6.45) is 7.90. The molecule has 178 valence electrons. The van der Waals surface area contributed by atoms with Crippen LogP contribution in [-0.2, 0) is 11.8 Å². The van der Waals surface area contributed by atoms with Crippen molar-refractivity contribution in [1.82, 2.24) is 15.1 Å². The molecule has 2 N–H and O–H groups in total. The Morgan fingerprint density at radius 3 is 2.53 bits per heavy atom. The number of hydrogen-bond acceptors (Lipinski definition) is 4. The lowest BCUT2D eigenvalue weighted by Gasteiger charge is -2.30. The van der Waals surface area contributed by atoms with E-state index in [1.54, 1.807) is 44.4 Å². The van der Waals surface area contributed by atoms with Crippen molar-refractivity contribution in [1.29, 1.82) is 0 Å². The monoisotopic (exact) mass is 481 g/mol. The summed E-state index contributed by atoms with van der Waals surface area (Å²) in [4.78, 5) is 26.1. The Labute approximate surface area is 203 Å². The van der Waals surface area contributed by atoms with Crippen LogP contribution in [0.5, 0.6) is 0 Å². The van der Waals surface area contributed by atoms with Crippen molar-refractivity contribution in [3.63, 3.8) is 0 Å². The molecule has 1 saturated carbocycles. The van der Waals surface area contributed by atoms with Crippen LogP contribution in [0.2, 0.25) is 5.02 Å². The highest BCUT2D eigenvalue weighted by Crippen LogP contribution is 2.29. The van der Waals surface area contributed by atoms with Gasteiger partial charge in [0.05, 0.1) is 5.56 Å². The Morgan fingerprint density at radius 2 is 1.88 bits per heavy atom. The number of hydrogen-bond donors (Lipinski definition) is 2. The van der Waals surface area contributed by atoms with Crippen LogP contribution in [0.25, 0.3) is 11.1 Å². The molecule has 34 heavy (non-hydrogen) atoms. The smallest absolute Gasteiger partial charge is 0.270 e. The van der Waals surface area contributed by atoms with Gasteiger partial charge in [-0.2, -0.15) is 9.83 Å². The van der Waals surface area contributed by atoms with E-state index < -0.39 is 6.04 Å². The van der Waals surface area contributed by atoms with Gasteiger partial charge in [-0.3, -0.25) is 14.3 Å². The molecule has 0 bridgehead atoms. The summed E-state index contributed by atoms with van der Waals surface area (Å²) >= 11 is 6.05. The van der Waals surface area contributed by atoms with Crippen molar-refractivity contribution < 1.29 is 14.3 Å². The van der Waals surface area contributed by atoms with E-state index in [-0.39, 0.29) is 17.7 Å². The van der Waals surface area contributed by atoms with Crippen molar-refractivity contribution in [3.8, 4) is 11.1 Å². The number of pyridine rings is 1. The summed E-state index contributed by atoms with van der Waals surface area (Å²) < 4.78 is 2.24. The lowest BCUT2D eigenvalue weighted by Crippen LogP contribution is -2.49. The van der Waals surface area contributed by atoms with Crippen LogP contribution < -0.4 is 15.4 Å². The predicted octanol–water partition coefficient (Wildman–Crippen LogP) is 4.00. The molecule has 0 radical (unpaired) electrons. The highest BCUT2D eigenvalue weighted by atomic mass is 35.5. The highest BCUT2D eigenvalue weighted by molar-refractivity contribution is 6.30. The van der Waals surface area contributed by atoms with Gasteiger partial charge in [0.15, 0.2) is 11.9 Å². The number of amides is 2. The molecule has 2 aromatic heterocycles. The third-order valence-electron chi connectivity index (χ3n) is 6.45. The molecule has 4 rings (SSSR count). The number of rotatable bonds is 6. The van der Waals surface area contributed by atoms with Crippen molar-refractivity contribution >= 4 is 29.1 Å². The molecule has 9 heteroatoms. The molecule has 0 unspecified atom stereocenters. The van der Waals surface area contributed by atoms with Gasteiger partial charge < -0.3 is 15.8 Å². The number of anilines is 1. The lowest BCUT2D eigenvalue weighted by atomic mass is 9.83. The molecule has 1 aliphatic carbocycles. The van der Waals surface area contributed by atoms with Crippen molar-refractivity contribution in [2.45, 2.75) is 45.1 Å². The van der Waals surface area contributed by atoms with Gasteiger partial charge in [0, 0.05) is 25.9 Å². The zero-order chi connectivity index (χ0) is 24.2. The average molecular weight is 482 g/mol. The van der Waals surface area contributed by atoms with Crippen molar-refractivity contribution in [2.24, 2.45) is 13.0 Å². The maximum atomic E-state index is 13.3. The molecule has 8 nitrogen and oxygen atoms in total. The molecule has 1 aromatic carbocycles. The van der Waals surface area contributed by atoms with E-state index in [2.05, 4.69) is 15.7 Å². The first-order valence-corrected chi connectivity index (χ1v) is 11.8. The number of carbonyl (C=O) groups excluding carboxylic acids is 2. The van der Waals surface area contributed by atoms with E-state index in [0.717, 1.165) is 48.0 Å². The minimum Gasteiger partial charge on any atom is -0.618 e. The first-order valence-electron chi connectivity index (χ1n) is 11.4. The molecule has 1 fully saturated rings. The Balaban J connectivity index is 1.52. The summed E-state index contributed by atoms with van der Waals surface area (Å²) in [5, 5.41) is 22.3. The first kappa shape index (κ1) is 23.8. The molecule has 2 amide bonds. The van der Waals surface area contributed by atoms with E-state index in [0.29, 0.717) is 22.1 Å². The van der Waals surface area contributed by atoms with Crippen LogP contribution in [0.4, 0.5) is 5.69 Å². The second-order valence-corrected chi connectivity index (χ2v) is 9.18. The fraction of sp³-hybridized carbons (Fsp3) is 0.360. The molecular weight excluding hydrogens is 454 g/mol. The fourth-order valence-electron chi connectivity index (χ4n) is 4.53. The summed E-state index contributed by atoms with van der Waals surface area (Å²) in [5.74, 6) is -0.485. The Morgan fingerprint density at radius 1 is 1.18 bits per heavy atom. The minimum atomic E-state index is -0.642. The van der Waals surface area contributed by atoms with Crippen LogP contribution >= 0.6 is 11.6 Å². The maximum Gasteiger partial charge on any atom is 0.270 e. The predicted molar refractivity (Wildman–Crippen MR) is 130 cm³/mol. The van der Waals surface area contributed by atoms with Crippen LogP contribution in [0, 0.1) is 18.0 Å². The van der Waals surface area contributed by atoms with E-state index in [9.17, 15) is 14.8 Å². The van der Waals surface area contributed by atoms with Gasteiger partial charge in [-0.15, -0.1) is 0 Å². The number of carbonyl (C=O) groups is 2. The average Bonchev–Trinajstić information content (AvgIpc) is 3.26. The minimum absolute atomic E-state index is 0.0758. The van der Waals surface area contributed by atoms with Crippen molar-refractivity contribution in [2.75, 3.05) is 5.32 Å². The fourth-order valence-corrected chi connectivity index (χ4v) is 4.73. The molecule has 3 aromatic rings. The number of nitrogens with zero attached hydrogens (tertiary/aromatic N) is 3. The van der Waals surface area contributed by atoms with Crippen molar-refractivity contribution in [3.05, 3.63) is 70.4 Å². The number of benzene rings is 1. The second-order valence-electron chi connectivity index (χ2n) is 8.74. The molecule has 2 heterocycles. The van der Waals surface area contributed by atoms with E-state index in [1.807, 2.05) is 12.1 Å². The van der Waals surface area contributed by atoms with Crippen LogP contribution in [0.15, 0.2) is 48.8 Å². The molecule has 0 aliphatic heterocycles. The summed E-state index contributed by atoms with van der Waals surface area (Å²) in [5.41, 5.74) is 3.10. The second kappa shape index (κ2) is 10.3. The first-order chi connectivity index (χ1) is 16.3. The Bertz CT molecular complexity index is 1190. The summed E-state index contributed by atoms with van der Waals surface area (Å²) in [6, 6.07) is 9.96. The van der Waals surface area contributed by atoms with Gasteiger partial charge >= 0.3 is 0 Å². The van der Waals surface area contributed by atoms with E-state index in [1.165, 1.54) is 10.9 Å². The number of nitrogens with one attached hydrogen (secondary N) is 2. The van der Waals surface area contributed by atoms with Crippen LogP contribution in [0.1, 0.15) is 48.3 Å². The largest absolute Gasteiger partial charge is 0.618 e. The molecule has 0 saturated heterocycles. The van der Waals surface area contributed by atoms with Gasteiger partial charge in [-0.25, -0.2) is 0 Å². The van der Waals surface area contributed by atoms with Gasteiger partial charge in [0.25, 0.3) is 5.91 Å². The maximum absolute atomic E-state index is 13.3. The molecular formula is C25H28ClN5O3. The molecule has 1 aliphatic rings. The van der Waals surface area contributed by atoms with E-state index in [4.69, 9.17) is 11.6 Å². The Kier molecular flexibility index (Phi) is 7.17. The van der Waals surface area contributed by atoms with E-state index >= 15 is 0 Å². The normalized spacial score (nSPS) is 15.0. The summed E-state index contributed by atoms with van der Waals surface area (Å²) in [7, 11) is 1.70. The number of halogens is 1. The standard InChI is InChI=1S/C25H28ClN5O3/c1-16-21(14-19(26)15-31(16)34)17-8-10-20(11-9-17)28-25(33)23(18-6-4-3-5-7-18)29-24(32)22-12-13-27-30(22)2/h8-15,18,23H,3-7H2,1-2H3,(H,28,33)(H,29,32)/t23-/m1/s1.